The molecule has 1 aromatic heterocycles. The first-order valence-corrected chi connectivity index (χ1v) is 12.5. The number of amides is 3. The molecule has 37 heavy (non-hydrogen) atoms. The maximum absolute atomic E-state index is 13.0. The minimum absolute atomic E-state index is 0.150. The Hall–Kier alpha value is -3.79. The second-order valence-corrected chi connectivity index (χ2v) is 9.52. The number of rotatable bonds is 10. The van der Waals surface area contributed by atoms with Crippen LogP contribution in [0.1, 0.15) is 57.9 Å². The summed E-state index contributed by atoms with van der Waals surface area (Å²) in [4.78, 5) is 53.8. The lowest BCUT2D eigenvalue weighted by Crippen LogP contribution is -2.60. The summed E-state index contributed by atoms with van der Waals surface area (Å²) in [5, 5.41) is 7.42. The number of esters is 1. The van der Waals surface area contributed by atoms with E-state index in [1.54, 1.807) is 33.8 Å². The molecule has 2 heterocycles. The predicted molar refractivity (Wildman–Crippen MR) is 140 cm³/mol. The number of carbonyl (C=O) groups excluding carboxylic acids is 4. The van der Waals surface area contributed by atoms with Crippen molar-refractivity contribution in [2.75, 3.05) is 6.54 Å². The molecule has 10 nitrogen and oxygen atoms in total. The number of pyridine rings is 1. The highest BCUT2D eigenvalue weighted by Crippen LogP contribution is 2.22. The van der Waals surface area contributed by atoms with E-state index in [0.29, 0.717) is 31.5 Å². The number of hydrazine groups is 1. The van der Waals surface area contributed by atoms with Crippen molar-refractivity contribution in [2.24, 2.45) is 5.92 Å². The average Bonchev–Trinajstić information content (AvgIpc) is 2.90. The van der Waals surface area contributed by atoms with Gasteiger partial charge in [0.15, 0.2) is 0 Å². The molecule has 1 fully saturated rings. The molecule has 1 saturated heterocycles. The van der Waals surface area contributed by atoms with Crippen LogP contribution in [0.5, 0.6) is 0 Å². The van der Waals surface area contributed by atoms with Gasteiger partial charge in [0.25, 0.3) is 5.91 Å². The van der Waals surface area contributed by atoms with Crippen LogP contribution in [-0.4, -0.2) is 58.9 Å². The second-order valence-electron chi connectivity index (χ2n) is 9.52. The Bertz CT molecular complexity index is 1170. The fourth-order valence-corrected chi connectivity index (χ4v) is 4.18. The molecular weight excluding hydrogens is 474 g/mol. The Morgan fingerprint density at radius 1 is 1.19 bits per heavy atom. The first-order chi connectivity index (χ1) is 17.6. The molecule has 0 radical (unpaired) electrons. The van der Waals surface area contributed by atoms with Crippen LogP contribution in [0.25, 0.3) is 17.0 Å². The van der Waals surface area contributed by atoms with Crippen molar-refractivity contribution in [1.29, 1.82) is 0 Å². The van der Waals surface area contributed by atoms with Crippen molar-refractivity contribution in [2.45, 2.75) is 64.8 Å². The maximum Gasteiger partial charge on any atom is 0.325 e. The Morgan fingerprint density at radius 2 is 1.92 bits per heavy atom. The minimum atomic E-state index is -0.856. The van der Waals surface area contributed by atoms with Crippen LogP contribution in [0.4, 0.5) is 0 Å². The van der Waals surface area contributed by atoms with Crippen molar-refractivity contribution in [3.63, 3.8) is 0 Å². The van der Waals surface area contributed by atoms with E-state index in [1.165, 1.54) is 5.01 Å². The third kappa shape index (κ3) is 6.91. The van der Waals surface area contributed by atoms with Gasteiger partial charge in [-0.15, -0.1) is 0 Å². The standard InChI is InChI=1S/C27H35N5O5/c1-6-19-9-10-20-11-12-21(30-23(20)14-19)18(5)37-27(36)22-8-7-13-32(31-22)26(35)17(4)29-25(34)24(16(2)3)28-15-33/h6,9-12,14-18,22,24,31H,1,7-8,13H2,2-5H3,(H,28,33)(H,29,34)/t17?,18-,22?,24?/m1/s1. The zero-order chi connectivity index (χ0) is 27.1. The lowest BCUT2D eigenvalue weighted by atomic mass is 10.0. The Kier molecular flexibility index (Phi) is 9.35. The van der Waals surface area contributed by atoms with Gasteiger partial charge in [-0.3, -0.25) is 24.2 Å². The zero-order valence-corrected chi connectivity index (χ0v) is 21.7. The summed E-state index contributed by atoms with van der Waals surface area (Å²) in [6.07, 6.45) is 2.71. The number of ether oxygens (including phenoxy) is 1. The van der Waals surface area contributed by atoms with Crippen molar-refractivity contribution in [3.8, 4) is 0 Å². The van der Waals surface area contributed by atoms with E-state index in [9.17, 15) is 19.2 Å². The lowest BCUT2D eigenvalue weighted by Gasteiger charge is -2.35. The van der Waals surface area contributed by atoms with Crippen molar-refractivity contribution in [1.82, 2.24) is 26.1 Å². The van der Waals surface area contributed by atoms with Gasteiger partial charge < -0.3 is 15.4 Å². The molecule has 3 amide bonds. The molecule has 0 bridgehead atoms. The van der Waals surface area contributed by atoms with Crippen LogP contribution in [-0.2, 0) is 23.9 Å². The normalized spacial score (nSPS) is 18.0. The molecular formula is C27H35N5O5. The third-order valence-corrected chi connectivity index (χ3v) is 6.35. The van der Waals surface area contributed by atoms with E-state index in [-0.39, 0.29) is 11.8 Å². The molecule has 0 saturated carbocycles. The third-order valence-electron chi connectivity index (χ3n) is 6.35. The van der Waals surface area contributed by atoms with Crippen molar-refractivity contribution >= 4 is 41.2 Å². The van der Waals surface area contributed by atoms with Gasteiger partial charge in [-0.1, -0.05) is 44.7 Å². The van der Waals surface area contributed by atoms with Crippen molar-refractivity contribution < 1.29 is 23.9 Å². The molecule has 198 valence electrons. The summed E-state index contributed by atoms with van der Waals surface area (Å²) in [5.41, 5.74) is 5.29. The fraction of sp³-hybridized carbons (Fsp3) is 0.444. The minimum Gasteiger partial charge on any atom is -0.455 e. The summed E-state index contributed by atoms with van der Waals surface area (Å²) in [5.74, 6) is -1.48. The van der Waals surface area contributed by atoms with E-state index in [0.717, 1.165) is 16.5 Å². The summed E-state index contributed by atoms with van der Waals surface area (Å²) < 4.78 is 5.69. The highest BCUT2D eigenvalue weighted by molar-refractivity contribution is 5.90. The quantitative estimate of drug-likeness (QED) is 0.331. The number of hydrogen-bond acceptors (Lipinski definition) is 7. The molecule has 1 aromatic carbocycles. The Balaban J connectivity index is 1.60. The van der Waals surface area contributed by atoms with Crippen LogP contribution >= 0.6 is 0 Å². The summed E-state index contributed by atoms with van der Waals surface area (Å²) in [6, 6.07) is 7.27. The monoisotopic (exact) mass is 509 g/mol. The van der Waals surface area contributed by atoms with Gasteiger partial charge in [0.2, 0.25) is 12.3 Å². The summed E-state index contributed by atoms with van der Waals surface area (Å²) >= 11 is 0. The van der Waals surface area contributed by atoms with Gasteiger partial charge in [-0.05, 0) is 50.3 Å². The van der Waals surface area contributed by atoms with Crippen LogP contribution in [0.15, 0.2) is 36.9 Å². The van der Waals surface area contributed by atoms with Gasteiger partial charge in [0.05, 0.1) is 11.2 Å². The Morgan fingerprint density at radius 3 is 2.59 bits per heavy atom. The number of carbonyl (C=O) groups is 4. The molecule has 1 aliphatic heterocycles. The molecule has 3 rings (SSSR count). The number of aromatic nitrogens is 1. The highest BCUT2D eigenvalue weighted by atomic mass is 16.5. The maximum atomic E-state index is 13.0. The molecule has 3 unspecified atom stereocenters. The molecule has 0 aliphatic carbocycles. The van der Waals surface area contributed by atoms with E-state index in [4.69, 9.17) is 4.74 Å². The largest absolute Gasteiger partial charge is 0.455 e. The molecule has 2 aromatic rings. The number of benzene rings is 1. The summed E-state index contributed by atoms with van der Waals surface area (Å²) in [6.45, 7) is 11.1. The first kappa shape index (κ1) is 27.8. The number of fused-ring (bicyclic) bond motifs is 1. The smallest absolute Gasteiger partial charge is 0.325 e. The Labute approximate surface area is 216 Å². The van der Waals surface area contributed by atoms with E-state index in [2.05, 4.69) is 27.6 Å². The van der Waals surface area contributed by atoms with Gasteiger partial charge in [0.1, 0.15) is 24.2 Å². The molecule has 0 spiro atoms. The highest BCUT2D eigenvalue weighted by Gasteiger charge is 2.33. The van der Waals surface area contributed by atoms with Crippen LogP contribution in [0.3, 0.4) is 0 Å². The number of hydrogen-bond donors (Lipinski definition) is 3. The van der Waals surface area contributed by atoms with Crippen LogP contribution in [0, 0.1) is 5.92 Å². The second kappa shape index (κ2) is 12.4. The molecule has 10 heteroatoms. The average molecular weight is 510 g/mol. The van der Waals surface area contributed by atoms with Gasteiger partial charge >= 0.3 is 5.97 Å². The SMILES string of the molecule is C=Cc1ccc2ccc([C@@H](C)OC(=O)C3CCCN(C(=O)C(C)NC(=O)C(NC=O)C(C)C)N3)nc2c1. The molecule has 1 aliphatic rings. The van der Waals surface area contributed by atoms with E-state index < -0.39 is 36.1 Å². The van der Waals surface area contributed by atoms with Crippen molar-refractivity contribution in [3.05, 3.63) is 48.2 Å². The van der Waals surface area contributed by atoms with E-state index >= 15 is 0 Å². The van der Waals surface area contributed by atoms with E-state index in [1.807, 2.05) is 30.3 Å². The van der Waals surface area contributed by atoms with Gasteiger partial charge in [-0.25, -0.2) is 10.4 Å². The van der Waals surface area contributed by atoms with Gasteiger partial charge in [-0.2, -0.15) is 0 Å². The van der Waals surface area contributed by atoms with Crippen LogP contribution in [0.2, 0.25) is 0 Å². The molecule has 3 N–H and O–H groups in total. The topological polar surface area (TPSA) is 130 Å². The zero-order valence-electron chi connectivity index (χ0n) is 21.7. The first-order valence-electron chi connectivity index (χ1n) is 12.5. The summed E-state index contributed by atoms with van der Waals surface area (Å²) in [7, 11) is 0. The molecule has 4 atom stereocenters. The van der Waals surface area contributed by atoms with Crippen LogP contribution < -0.4 is 16.1 Å². The van der Waals surface area contributed by atoms with Gasteiger partial charge in [0, 0.05) is 11.9 Å². The predicted octanol–water partition coefficient (Wildman–Crippen LogP) is 2.25. The number of nitrogens with zero attached hydrogens (tertiary/aromatic N) is 2. The fourth-order valence-electron chi connectivity index (χ4n) is 4.18. The number of nitrogens with one attached hydrogen (secondary N) is 3. The lowest BCUT2D eigenvalue weighted by molar-refractivity contribution is -0.157.